The monoisotopic (exact) mass is 419 g/mol. The van der Waals surface area contributed by atoms with Gasteiger partial charge in [0.2, 0.25) is 0 Å². The summed E-state index contributed by atoms with van der Waals surface area (Å²) in [6.07, 6.45) is 8.95. The number of fused-ring (bicyclic) bond motifs is 2. The molecule has 0 aliphatic carbocycles. The van der Waals surface area contributed by atoms with Crippen molar-refractivity contribution in [2.45, 2.75) is 6.92 Å². The van der Waals surface area contributed by atoms with Crippen LogP contribution in [-0.4, -0.2) is 31.9 Å². The van der Waals surface area contributed by atoms with E-state index >= 15 is 0 Å². The summed E-state index contributed by atoms with van der Waals surface area (Å²) in [5.41, 5.74) is 14.0. The number of rotatable bonds is 5. The van der Waals surface area contributed by atoms with Crippen LogP contribution < -0.4 is 5.73 Å². The minimum atomic E-state index is 0.693. The third-order valence-corrected chi connectivity index (χ3v) is 5.25. The van der Waals surface area contributed by atoms with Gasteiger partial charge in [0.25, 0.3) is 0 Å². The summed E-state index contributed by atoms with van der Waals surface area (Å²) in [7, 11) is 0. The Morgan fingerprint density at radius 3 is 2.72 bits per heavy atom. The fraction of sp³-hybridized carbons (Fsp3) is 0.0400. The van der Waals surface area contributed by atoms with Crippen LogP contribution >= 0.6 is 0 Å². The number of aliphatic imine (C=N–C) groups is 1. The number of aromatic amines is 2. The van der Waals surface area contributed by atoms with Gasteiger partial charge in [-0.25, -0.2) is 0 Å². The molecular weight excluding hydrogens is 398 g/mol. The van der Waals surface area contributed by atoms with Gasteiger partial charge >= 0.3 is 0 Å². The van der Waals surface area contributed by atoms with Crippen molar-refractivity contribution in [3.05, 3.63) is 84.6 Å². The standard InChI is InChI=1S/C25H21N7/c1-15(26)10-18(13-27-2)16-5-6-22-19(11-16)25(32-31-22)23-12-20-21(30-23)7-9-29-24(20)17-4-3-8-28-14-17/h3-14,30H,2,26H2,1H3,(H,31,32)/b15-10+,18-13+. The predicted molar refractivity (Wildman–Crippen MR) is 130 cm³/mol. The van der Waals surface area contributed by atoms with Gasteiger partial charge < -0.3 is 10.7 Å². The second-order valence-electron chi connectivity index (χ2n) is 7.53. The van der Waals surface area contributed by atoms with E-state index in [0.717, 1.165) is 55.6 Å². The van der Waals surface area contributed by atoms with Crippen LogP contribution in [0.25, 0.3) is 50.0 Å². The zero-order valence-corrected chi connectivity index (χ0v) is 17.5. The molecule has 5 aromatic rings. The third-order valence-electron chi connectivity index (χ3n) is 5.25. The summed E-state index contributed by atoms with van der Waals surface area (Å²) >= 11 is 0. The molecule has 156 valence electrons. The Kier molecular flexibility index (Phi) is 4.84. The number of hydrogen-bond acceptors (Lipinski definition) is 5. The molecule has 0 aliphatic rings. The Morgan fingerprint density at radius 2 is 1.94 bits per heavy atom. The van der Waals surface area contributed by atoms with E-state index in [4.69, 9.17) is 5.73 Å². The first kappa shape index (κ1) is 19.4. The van der Waals surface area contributed by atoms with Gasteiger partial charge in [-0.05, 0) is 61.7 Å². The van der Waals surface area contributed by atoms with Gasteiger partial charge in [-0.3, -0.25) is 20.1 Å². The molecule has 0 aliphatic heterocycles. The lowest BCUT2D eigenvalue weighted by atomic mass is 10.0. The van der Waals surface area contributed by atoms with Gasteiger partial charge in [-0.2, -0.15) is 5.10 Å². The van der Waals surface area contributed by atoms with Gasteiger partial charge in [-0.1, -0.05) is 6.07 Å². The van der Waals surface area contributed by atoms with Crippen molar-refractivity contribution in [2.75, 3.05) is 0 Å². The van der Waals surface area contributed by atoms with E-state index in [2.05, 4.69) is 49.0 Å². The van der Waals surface area contributed by atoms with Crippen molar-refractivity contribution in [3.8, 4) is 22.6 Å². The summed E-state index contributed by atoms with van der Waals surface area (Å²) < 4.78 is 0. The lowest BCUT2D eigenvalue weighted by molar-refractivity contribution is 1.12. The maximum Gasteiger partial charge on any atom is 0.116 e. The molecule has 0 saturated heterocycles. The molecule has 4 heterocycles. The Morgan fingerprint density at radius 1 is 1.06 bits per heavy atom. The molecule has 1 aromatic carbocycles. The highest BCUT2D eigenvalue weighted by Crippen LogP contribution is 2.33. The number of nitrogens with zero attached hydrogens (tertiary/aromatic N) is 4. The van der Waals surface area contributed by atoms with E-state index in [0.29, 0.717) is 5.70 Å². The molecule has 0 spiro atoms. The largest absolute Gasteiger partial charge is 0.402 e. The van der Waals surface area contributed by atoms with E-state index in [-0.39, 0.29) is 0 Å². The fourth-order valence-corrected chi connectivity index (χ4v) is 3.85. The number of H-pyrrole nitrogens is 2. The fourth-order valence-electron chi connectivity index (χ4n) is 3.85. The molecule has 0 radical (unpaired) electrons. The Hall–Kier alpha value is -4.52. The smallest absolute Gasteiger partial charge is 0.116 e. The Bertz CT molecular complexity index is 1500. The molecule has 0 saturated carbocycles. The van der Waals surface area contributed by atoms with E-state index in [1.165, 1.54) is 0 Å². The summed E-state index contributed by atoms with van der Waals surface area (Å²) in [4.78, 5) is 16.2. The number of benzene rings is 1. The summed E-state index contributed by atoms with van der Waals surface area (Å²) in [6.45, 7) is 5.42. The van der Waals surface area contributed by atoms with Crippen LogP contribution in [0.4, 0.5) is 0 Å². The van der Waals surface area contributed by atoms with Crippen LogP contribution in [0, 0.1) is 0 Å². The normalized spacial score (nSPS) is 12.5. The van der Waals surface area contributed by atoms with E-state index in [1.54, 1.807) is 18.6 Å². The SMILES string of the molecule is C=N/C=C(\C=C(/C)N)c1ccc2[nH]nc(-c3cc4c(-c5cccnc5)nccc4[nH]3)c2c1. The number of nitrogens with two attached hydrogens (primary N) is 1. The van der Waals surface area contributed by atoms with E-state index in [9.17, 15) is 0 Å². The Labute approximate surface area is 184 Å². The van der Waals surface area contributed by atoms with Gasteiger partial charge in [0.1, 0.15) is 5.69 Å². The number of allylic oxidation sites excluding steroid dienone is 3. The van der Waals surface area contributed by atoms with Crippen molar-refractivity contribution in [1.82, 2.24) is 25.1 Å². The average molecular weight is 419 g/mol. The van der Waals surface area contributed by atoms with Crippen LogP contribution in [0.3, 0.4) is 0 Å². The van der Waals surface area contributed by atoms with E-state index in [1.807, 2.05) is 49.5 Å². The average Bonchev–Trinajstić information content (AvgIpc) is 3.42. The highest BCUT2D eigenvalue weighted by molar-refractivity contribution is 6.00. The highest BCUT2D eigenvalue weighted by Gasteiger charge is 2.15. The summed E-state index contributed by atoms with van der Waals surface area (Å²) in [5, 5.41) is 9.72. The molecule has 4 aromatic heterocycles. The first-order valence-electron chi connectivity index (χ1n) is 10.1. The number of pyridine rings is 2. The maximum absolute atomic E-state index is 5.90. The molecule has 0 fully saturated rings. The van der Waals surface area contributed by atoms with Gasteiger partial charge in [0.05, 0.1) is 16.9 Å². The zero-order valence-electron chi connectivity index (χ0n) is 17.5. The topological polar surface area (TPSA) is 109 Å². The van der Waals surface area contributed by atoms with Crippen LogP contribution in [0.1, 0.15) is 12.5 Å². The van der Waals surface area contributed by atoms with Crippen LogP contribution in [0.15, 0.2) is 84.0 Å². The predicted octanol–water partition coefficient (Wildman–Crippen LogP) is 5.07. The molecule has 0 bridgehead atoms. The minimum Gasteiger partial charge on any atom is -0.402 e. The molecule has 0 amide bonds. The first-order chi connectivity index (χ1) is 15.6. The Balaban J connectivity index is 1.66. The maximum atomic E-state index is 5.90. The quantitative estimate of drug-likeness (QED) is 0.273. The first-order valence-corrected chi connectivity index (χ1v) is 10.1. The second kappa shape index (κ2) is 7.96. The van der Waals surface area contributed by atoms with Crippen molar-refractivity contribution >= 4 is 34.1 Å². The van der Waals surface area contributed by atoms with Gasteiger partial charge in [0, 0.05) is 57.9 Å². The van der Waals surface area contributed by atoms with Crippen molar-refractivity contribution in [1.29, 1.82) is 0 Å². The van der Waals surface area contributed by atoms with E-state index < -0.39 is 0 Å². The lowest BCUT2D eigenvalue weighted by Gasteiger charge is -2.04. The summed E-state index contributed by atoms with van der Waals surface area (Å²) in [6, 6.07) is 14.1. The minimum absolute atomic E-state index is 0.693. The number of aromatic nitrogens is 5. The second-order valence-corrected chi connectivity index (χ2v) is 7.53. The van der Waals surface area contributed by atoms with Gasteiger partial charge in [0.15, 0.2) is 0 Å². The van der Waals surface area contributed by atoms with Gasteiger partial charge in [-0.15, -0.1) is 0 Å². The molecule has 7 heteroatoms. The summed E-state index contributed by atoms with van der Waals surface area (Å²) in [5.74, 6) is 0. The van der Waals surface area contributed by atoms with Crippen LogP contribution in [-0.2, 0) is 0 Å². The van der Waals surface area contributed by atoms with Crippen molar-refractivity contribution in [2.24, 2.45) is 10.7 Å². The molecule has 5 rings (SSSR count). The zero-order chi connectivity index (χ0) is 22.1. The molecule has 32 heavy (non-hydrogen) atoms. The van der Waals surface area contributed by atoms with Crippen molar-refractivity contribution in [3.63, 3.8) is 0 Å². The third kappa shape index (κ3) is 3.45. The van der Waals surface area contributed by atoms with Crippen molar-refractivity contribution < 1.29 is 0 Å². The molecule has 0 atom stereocenters. The van der Waals surface area contributed by atoms with Crippen LogP contribution in [0.2, 0.25) is 0 Å². The molecule has 4 N–H and O–H groups in total. The lowest BCUT2D eigenvalue weighted by Crippen LogP contribution is -1.92. The number of nitrogens with one attached hydrogen (secondary N) is 2. The molecule has 0 unspecified atom stereocenters. The van der Waals surface area contributed by atoms with Crippen LogP contribution in [0.5, 0.6) is 0 Å². The molecular formula is C25H21N7. The molecule has 7 nitrogen and oxygen atoms in total. The number of hydrogen-bond donors (Lipinski definition) is 3. The highest BCUT2D eigenvalue weighted by atomic mass is 15.1.